The number of benzene rings is 3. The zero-order valence-electron chi connectivity index (χ0n) is 22.0. The van der Waals surface area contributed by atoms with E-state index in [1.54, 1.807) is 31.2 Å². The van der Waals surface area contributed by atoms with Gasteiger partial charge in [0.1, 0.15) is 11.7 Å². The van der Waals surface area contributed by atoms with Gasteiger partial charge in [-0.15, -0.1) is 0 Å². The van der Waals surface area contributed by atoms with Crippen LogP contribution in [0.3, 0.4) is 0 Å². The number of nitrogens with two attached hydrogens (primary N) is 1. The number of para-hydroxylation sites is 1. The second kappa shape index (κ2) is 12.4. The lowest BCUT2D eigenvalue weighted by Gasteiger charge is -2.26. The van der Waals surface area contributed by atoms with Crippen molar-refractivity contribution in [1.82, 2.24) is 10.2 Å². The standard InChI is InChI=1S/C29H33FN6O3/c1-3-33-24-11-6-5-8-19(24)15-34-25-14-18(26(31)32)12-13-20(25)16-35-27(37)29(39-4-2)36-17-22-21(28(36)38)9-7-10-23(22)30/h5-14,29,33-34H,3-4,15-17H2,1-2H3,(H3,31,32)(H,35,37). The van der Waals surface area contributed by atoms with Gasteiger partial charge in [0.2, 0.25) is 6.23 Å². The number of nitrogens with zero attached hydrogens (tertiary/aromatic N) is 1. The molecule has 10 heteroatoms. The Kier molecular flexibility index (Phi) is 8.77. The number of anilines is 2. The molecule has 0 fully saturated rings. The van der Waals surface area contributed by atoms with Gasteiger partial charge in [-0.1, -0.05) is 36.4 Å². The quantitative estimate of drug-likeness (QED) is 0.178. The fourth-order valence-corrected chi connectivity index (χ4v) is 4.53. The topological polar surface area (TPSA) is 133 Å². The SMILES string of the molecule is CCNc1ccccc1CNc1cc(C(=N)N)ccc1CNC(=O)C(OCC)N1Cc2c(F)cccc2C1=O. The number of carbonyl (C=O) groups is 2. The lowest BCUT2D eigenvalue weighted by Crippen LogP contribution is -2.48. The fourth-order valence-electron chi connectivity index (χ4n) is 4.53. The molecule has 0 saturated heterocycles. The Bertz CT molecular complexity index is 1380. The summed E-state index contributed by atoms with van der Waals surface area (Å²) in [6.45, 7) is 5.30. The highest BCUT2D eigenvalue weighted by atomic mass is 19.1. The number of nitrogens with one attached hydrogen (secondary N) is 4. The Hall–Kier alpha value is -4.44. The predicted octanol–water partition coefficient (Wildman–Crippen LogP) is 3.79. The Balaban J connectivity index is 1.51. The van der Waals surface area contributed by atoms with E-state index in [0.717, 1.165) is 23.4 Å². The van der Waals surface area contributed by atoms with Crippen LogP contribution in [0, 0.1) is 11.2 Å². The molecule has 9 nitrogen and oxygen atoms in total. The maximum Gasteiger partial charge on any atom is 0.270 e. The molecule has 0 saturated carbocycles. The van der Waals surface area contributed by atoms with Gasteiger partial charge < -0.3 is 31.3 Å². The van der Waals surface area contributed by atoms with E-state index in [1.165, 1.54) is 17.0 Å². The molecular formula is C29H33FN6O3. The first-order chi connectivity index (χ1) is 18.8. The molecule has 3 aromatic carbocycles. The molecule has 3 aromatic rings. The van der Waals surface area contributed by atoms with Crippen molar-refractivity contribution < 1.29 is 18.7 Å². The van der Waals surface area contributed by atoms with Gasteiger partial charge >= 0.3 is 0 Å². The minimum Gasteiger partial charge on any atom is -0.385 e. The summed E-state index contributed by atoms with van der Waals surface area (Å²) in [5.74, 6) is -1.53. The second-order valence-electron chi connectivity index (χ2n) is 9.05. The van der Waals surface area contributed by atoms with Crippen molar-refractivity contribution in [1.29, 1.82) is 5.41 Å². The van der Waals surface area contributed by atoms with Gasteiger partial charge in [-0.2, -0.15) is 0 Å². The number of rotatable bonds is 12. The van der Waals surface area contributed by atoms with Gasteiger partial charge in [-0.05, 0) is 49.2 Å². The summed E-state index contributed by atoms with van der Waals surface area (Å²) in [5, 5.41) is 17.4. The molecule has 6 N–H and O–H groups in total. The smallest absolute Gasteiger partial charge is 0.270 e. The van der Waals surface area contributed by atoms with Crippen molar-refractivity contribution >= 4 is 29.0 Å². The van der Waals surface area contributed by atoms with Crippen LogP contribution in [-0.2, 0) is 29.2 Å². The van der Waals surface area contributed by atoms with E-state index >= 15 is 0 Å². The summed E-state index contributed by atoms with van der Waals surface area (Å²) in [4.78, 5) is 27.4. The molecule has 0 aliphatic carbocycles. The fraction of sp³-hybridized carbons (Fsp3) is 0.276. The van der Waals surface area contributed by atoms with Gasteiger partial charge in [0.05, 0.1) is 6.54 Å². The van der Waals surface area contributed by atoms with Crippen LogP contribution in [0.1, 0.15) is 46.5 Å². The Morgan fingerprint density at radius 1 is 1.05 bits per heavy atom. The van der Waals surface area contributed by atoms with Gasteiger partial charge in [-0.25, -0.2) is 4.39 Å². The van der Waals surface area contributed by atoms with Gasteiger partial charge in [0.25, 0.3) is 11.8 Å². The highest BCUT2D eigenvalue weighted by Crippen LogP contribution is 2.28. The minimum atomic E-state index is -1.21. The van der Waals surface area contributed by atoms with E-state index in [9.17, 15) is 14.0 Å². The van der Waals surface area contributed by atoms with Crippen molar-refractivity contribution in [3.05, 3.63) is 94.3 Å². The summed E-state index contributed by atoms with van der Waals surface area (Å²) in [5.41, 5.74) is 10.3. The highest BCUT2D eigenvalue weighted by molar-refractivity contribution is 6.01. The minimum absolute atomic E-state index is 0.0513. The number of halogens is 1. The molecule has 1 atom stereocenters. The van der Waals surface area contributed by atoms with Crippen LogP contribution in [0.15, 0.2) is 60.7 Å². The summed E-state index contributed by atoms with van der Waals surface area (Å²) in [6.07, 6.45) is -1.21. The lowest BCUT2D eigenvalue weighted by atomic mass is 10.1. The first kappa shape index (κ1) is 27.6. The zero-order valence-corrected chi connectivity index (χ0v) is 22.0. The highest BCUT2D eigenvalue weighted by Gasteiger charge is 2.38. The molecule has 0 spiro atoms. The van der Waals surface area contributed by atoms with Crippen LogP contribution < -0.4 is 21.7 Å². The molecule has 0 radical (unpaired) electrons. The number of carbonyl (C=O) groups excluding carboxylic acids is 2. The zero-order chi connectivity index (χ0) is 27.9. The van der Waals surface area contributed by atoms with E-state index in [2.05, 4.69) is 16.0 Å². The third kappa shape index (κ3) is 6.18. The normalized spacial score (nSPS) is 13.1. The summed E-state index contributed by atoms with van der Waals surface area (Å²) in [6, 6.07) is 17.5. The van der Waals surface area contributed by atoms with E-state index in [0.29, 0.717) is 17.8 Å². The largest absolute Gasteiger partial charge is 0.385 e. The lowest BCUT2D eigenvalue weighted by molar-refractivity contribution is -0.143. The van der Waals surface area contributed by atoms with Crippen LogP contribution in [0.2, 0.25) is 0 Å². The van der Waals surface area contributed by atoms with Crippen LogP contribution in [0.5, 0.6) is 0 Å². The molecule has 2 amide bonds. The van der Waals surface area contributed by atoms with Crippen molar-refractivity contribution in [2.24, 2.45) is 5.73 Å². The maximum absolute atomic E-state index is 14.3. The average Bonchev–Trinajstić information content (AvgIpc) is 3.27. The first-order valence-corrected chi connectivity index (χ1v) is 12.8. The number of hydrogen-bond donors (Lipinski definition) is 5. The monoisotopic (exact) mass is 532 g/mol. The van der Waals surface area contributed by atoms with Crippen molar-refractivity contribution in [2.45, 2.75) is 39.7 Å². The summed E-state index contributed by atoms with van der Waals surface area (Å²) in [7, 11) is 0. The summed E-state index contributed by atoms with van der Waals surface area (Å²) < 4.78 is 19.9. The van der Waals surface area contributed by atoms with E-state index < -0.39 is 23.9 Å². The molecule has 204 valence electrons. The van der Waals surface area contributed by atoms with Crippen LogP contribution >= 0.6 is 0 Å². The molecule has 1 heterocycles. The number of nitrogen functional groups attached to an aromatic ring is 1. The molecule has 0 aromatic heterocycles. The third-order valence-corrected chi connectivity index (χ3v) is 6.50. The maximum atomic E-state index is 14.3. The Labute approximate surface area is 227 Å². The molecule has 0 bridgehead atoms. The molecule has 39 heavy (non-hydrogen) atoms. The van der Waals surface area contributed by atoms with Gasteiger partial charge in [0, 0.05) is 54.3 Å². The number of amides is 2. The van der Waals surface area contributed by atoms with Gasteiger partial charge in [0.15, 0.2) is 0 Å². The van der Waals surface area contributed by atoms with Crippen LogP contribution in [-0.4, -0.2) is 41.9 Å². The third-order valence-electron chi connectivity index (χ3n) is 6.50. The molecular weight excluding hydrogens is 499 g/mol. The van der Waals surface area contributed by atoms with Crippen molar-refractivity contribution in [3.63, 3.8) is 0 Å². The van der Waals surface area contributed by atoms with Crippen LogP contribution in [0.25, 0.3) is 0 Å². The van der Waals surface area contributed by atoms with Crippen molar-refractivity contribution in [3.8, 4) is 0 Å². The van der Waals surface area contributed by atoms with Crippen molar-refractivity contribution in [2.75, 3.05) is 23.8 Å². The Morgan fingerprint density at radius 2 is 1.82 bits per heavy atom. The number of amidine groups is 1. The number of hydrogen-bond acceptors (Lipinski definition) is 6. The van der Waals surface area contributed by atoms with E-state index in [-0.39, 0.29) is 36.7 Å². The first-order valence-electron chi connectivity index (χ1n) is 12.8. The average molecular weight is 533 g/mol. The number of ether oxygens (including phenoxy) is 1. The molecule has 4 rings (SSSR count). The van der Waals surface area contributed by atoms with E-state index in [1.807, 2.05) is 31.2 Å². The number of fused-ring (bicyclic) bond motifs is 1. The van der Waals surface area contributed by atoms with E-state index in [4.69, 9.17) is 15.9 Å². The molecule has 1 unspecified atom stereocenters. The molecule has 1 aliphatic rings. The Morgan fingerprint density at radius 3 is 2.54 bits per heavy atom. The predicted molar refractivity (Wildman–Crippen MR) is 149 cm³/mol. The molecule has 1 aliphatic heterocycles. The summed E-state index contributed by atoms with van der Waals surface area (Å²) >= 11 is 0. The van der Waals surface area contributed by atoms with Gasteiger partial charge in [-0.3, -0.25) is 15.0 Å². The van der Waals surface area contributed by atoms with Crippen LogP contribution in [0.4, 0.5) is 15.8 Å². The second-order valence-corrected chi connectivity index (χ2v) is 9.05.